The van der Waals surface area contributed by atoms with Crippen LogP contribution in [0, 0.1) is 16.0 Å². The molecule has 2 heterocycles. The number of nitro groups is 1. The molecule has 0 spiro atoms. The van der Waals surface area contributed by atoms with Crippen LogP contribution in [0.2, 0.25) is 0 Å². The van der Waals surface area contributed by atoms with Crippen LogP contribution >= 0.6 is 0 Å². The summed E-state index contributed by atoms with van der Waals surface area (Å²) in [5.41, 5.74) is 0. The second kappa shape index (κ2) is 8.47. The third kappa shape index (κ3) is 4.92. The second-order valence-electron chi connectivity index (χ2n) is 5.94. The lowest BCUT2D eigenvalue weighted by Gasteiger charge is -2.41. The van der Waals surface area contributed by atoms with Crippen molar-refractivity contribution in [2.75, 3.05) is 19.9 Å². The van der Waals surface area contributed by atoms with E-state index in [2.05, 4.69) is 10.4 Å². The molecule has 1 N–H and O–H groups in total. The molecule has 10 heteroatoms. The van der Waals surface area contributed by atoms with Crippen LogP contribution in [-0.4, -0.2) is 52.7 Å². The molecule has 0 aliphatic carbocycles. The van der Waals surface area contributed by atoms with E-state index in [1.807, 2.05) is 18.7 Å². The van der Waals surface area contributed by atoms with Gasteiger partial charge in [-0.3, -0.25) is 9.69 Å². The van der Waals surface area contributed by atoms with Crippen LogP contribution in [0.15, 0.2) is 27.9 Å². The summed E-state index contributed by atoms with van der Waals surface area (Å²) in [7, 11) is 0. The van der Waals surface area contributed by atoms with Gasteiger partial charge in [-0.05, 0) is 25.0 Å². The van der Waals surface area contributed by atoms with E-state index in [1.54, 1.807) is 24.0 Å². The van der Waals surface area contributed by atoms with Crippen molar-refractivity contribution >= 4 is 11.9 Å². The summed E-state index contributed by atoms with van der Waals surface area (Å²) in [6.07, 6.45) is 1.53. The molecule has 0 amide bonds. The van der Waals surface area contributed by atoms with Crippen molar-refractivity contribution in [3.63, 3.8) is 0 Å². The third-order valence-electron chi connectivity index (χ3n) is 3.75. The quantitative estimate of drug-likeness (QED) is 0.439. The highest BCUT2D eigenvalue weighted by molar-refractivity contribution is 5.80. The Bertz CT molecular complexity index is 616. The number of nitrogens with zero attached hydrogens (tertiary/aromatic N) is 4. The number of guanidine groups is 1. The highest BCUT2D eigenvalue weighted by Crippen LogP contribution is 2.17. The van der Waals surface area contributed by atoms with Crippen LogP contribution in [0.5, 0.6) is 0 Å². The van der Waals surface area contributed by atoms with E-state index in [-0.39, 0.29) is 37.7 Å². The standard InChI is InChI=1S/C15H23N5O5/c1-4-24-14(21)13(11(2)3)19-9-16-15(17-20(22)23)18(10-19)8-12-6-5-7-25-12/h5-7,11,13H,4,8-10H2,1-3H3,(H,16,17)/t13-/m0/s1. The molecular formula is C15H23N5O5. The predicted octanol–water partition coefficient (Wildman–Crippen LogP) is 1.04. The monoisotopic (exact) mass is 353 g/mol. The fourth-order valence-corrected chi connectivity index (χ4v) is 2.77. The van der Waals surface area contributed by atoms with Crippen molar-refractivity contribution in [3.8, 4) is 0 Å². The smallest absolute Gasteiger partial charge is 0.323 e. The maximum atomic E-state index is 12.3. The summed E-state index contributed by atoms with van der Waals surface area (Å²) in [5, 5.41) is 16.3. The van der Waals surface area contributed by atoms with Gasteiger partial charge in [-0.2, -0.15) is 0 Å². The number of hydrazone groups is 1. The Balaban J connectivity index is 2.19. The zero-order valence-electron chi connectivity index (χ0n) is 14.5. The number of furan rings is 1. The Morgan fingerprint density at radius 2 is 2.32 bits per heavy atom. The van der Waals surface area contributed by atoms with E-state index in [4.69, 9.17) is 9.15 Å². The topological polar surface area (TPSA) is 113 Å². The molecule has 0 saturated carbocycles. The molecule has 1 aliphatic heterocycles. The molecule has 1 aromatic heterocycles. The number of ether oxygens (including phenoxy) is 1. The van der Waals surface area contributed by atoms with Crippen molar-refractivity contribution in [1.29, 1.82) is 0 Å². The molecule has 2 rings (SSSR count). The van der Waals surface area contributed by atoms with E-state index in [0.29, 0.717) is 12.4 Å². The molecule has 10 nitrogen and oxygen atoms in total. The maximum Gasteiger partial charge on any atom is 0.323 e. The first-order chi connectivity index (χ1) is 11.9. The van der Waals surface area contributed by atoms with Crippen molar-refractivity contribution in [1.82, 2.24) is 15.1 Å². The van der Waals surface area contributed by atoms with Crippen LogP contribution < -0.4 is 5.32 Å². The van der Waals surface area contributed by atoms with Crippen molar-refractivity contribution in [3.05, 3.63) is 34.3 Å². The zero-order valence-corrected chi connectivity index (χ0v) is 14.5. The van der Waals surface area contributed by atoms with Gasteiger partial charge < -0.3 is 19.4 Å². The van der Waals surface area contributed by atoms with E-state index >= 15 is 0 Å². The van der Waals surface area contributed by atoms with Crippen molar-refractivity contribution < 1.29 is 19.0 Å². The Morgan fingerprint density at radius 3 is 2.88 bits per heavy atom. The van der Waals surface area contributed by atoms with Gasteiger partial charge in [-0.25, -0.2) is 10.1 Å². The molecule has 0 unspecified atom stereocenters. The second-order valence-corrected chi connectivity index (χ2v) is 5.94. The average Bonchev–Trinajstić information content (AvgIpc) is 3.02. The van der Waals surface area contributed by atoms with E-state index < -0.39 is 11.1 Å². The van der Waals surface area contributed by atoms with Crippen LogP contribution in [0.3, 0.4) is 0 Å². The molecule has 0 aromatic carbocycles. The van der Waals surface area contributed by atoms with Gasteiger partial charge in [0.2, 0.25) is 0 Å². The van der Waals surface area contributed by atoms with E-state index in [0.717, 1.165) is 0 Å². The molecule has 138 valence electrons. The number of carbonyl (C=O) groups excluding carboxylic acids is 1. The van der Waals surface area contributed by atoms with Crippen LogP contribution in [0.25, 0.3) is 0 Å². The summed E-state index contributed by atoms with van der Waals surface area (Å²) >= 11 is 0. The van der Waals surface area contributed by atoms with Crippen molar-refractivity contribution in [2.45, 2.75) is 33.4 Å². The summed E-state index contributed by atoms with van der Waals surface area (Å²) in [5.74, 6) is 0.466. The molecule has 1 aliphatic rings. The Morgan fingerprint density at radius 1 is 1.56 bits per heavy atom. The molecule has 0 radical (unpaired) electrons. The number of hydrogen-bond donors (Lipinski definition) is 1. The number of nitrogens with one attached hydrogen (secondary N) is 1. The first kappa shape index (κ1) is 18.7. The van der Waals surface area contributed by atoms with Gasteiger partial charge in [-0.1, -0.05) is 13.8 Å². The molecule has 25 heavy (non-hydrogen) atoms. The van der Waals surface area contributed by atoms with Gasteiger partial charge in [0.15, 0.2) is 5.03 Å². The minimum atomic E-state index is -0.752. The number of esters is 1. The average molecular weight is 353 g/mol. The van der Waals surface area contributed by atoms with Gasteiger partial charge in [-0.15, -0.1) is 0 Å². The lowest BCUT2D eigenvalue weighted by atomic mass is 10.0. The third-order valence-corrected chi connectivity index (χ3v) is 3.75. The van der Waals surface area contributed by atoms with Crippen LogP contribution in [0.1, 0.15) is 26.5 Å². The fourth-order valence-electron chi connectivity index (χ4n) is 2.77. The highest BCUT2D eigenvalue weighted by Gasteiger charge is 2.35. The van der Waals surface area contributed by atoms with Gasteiger partial charge in [0.05, 0.1) is 32.8 Å². The van der Waals surface area contributed by atoms with Crippen LogP contribution in [-0.2, 0) is 16.1 Å². The lowest BCUT2D eigenvalue weighted by molar-refractivity contribution is -0.486. The van der Waals surface area contributed by atoms with E-state index in [1.165, 1.54) is 6.26 Å². The highest BCUT2D eigenvalue weighted by atomic mass is 16.7. The van der Waals surface area contributed by atoms with E-state index in [9.17, 15) is 14.9 Å². The first-order valence-electron chi connectivity index (χ1n) is 8.07. The largest absolute Gasteiger partial charge is 0.467 e. The lowest BCUT2D eigenvalue weighted by Crippen LogP contribution is -2.61. The molecule has 1 aromatic rings. The SMILES string of the molecule is CCOC(=O)[C@H](C(C)C)N1CN/C(=N\[N+](=O)[O-])N(Cc2ccco2)C1. The summed E-state index contributed by atoms with van der Waals surface area (Å²) in [4.78, 5) is 26.6. The number of carbonyl (C=O) groups is 1. The molecule has 1 saturated heterocycles. The molecule has 1 atom stereocenters. The summed E-state index contributed by atoms with van der Waals surface area (Å²) in [6.45, 7) is 6.74. The molecule has 0 bridgehead atoms. The minimum Gasteiger partial charge on any atom is -0.467 e. The Kier molecular flexibility index (Phi) is 6.34. The fraction of sp³-hybridized carbons (Fsp3) is 0.600. The van der Waals surface area contributed by atoms with Gasteiger partial charge in [0.1, 0.15) is 16.9 Å². The summed E-state index contributed by atoms with van der Waals surface area (Å²) < 4.78 is 10.5. The van der Waals surface area contributed by atoms with Crippen LogP contribution in [0.4, 0.5) is 0 Å². The Hall–Kier alpha value is -2.62. The first-order valence-corrected chi connectivity index (χ1v) is 8.07. The van der Waals surface area contributed by atoms with Gasteiger partial charge in [0.25, 0.3) is 5.96 Å². The Labute approximate surface area is 145 Å². The maximum absolute atomic E-state index is 12.3. The van der Waals surface area contributed by atoms with Gasteiger partial charge in [0, 0.05) is 0 Å². The summed E-state index contributed by atoms with van der Waals surface area (Å²) in [6, 6.07) is 3.04. The molecular weight excluding hydrogens is 330 g/mol. The zero-order chi connectivity index (χ0) is 18.4. The normalized spacial score (nSPS) is 18.2. The molecule has 1 fully saturated rings. The predicted molar refractivity (Wildman–Crippen MR) is 88.6 cm³/mol. The minimum absolute atomic E-state index is 0.0142. The number of hydrogen-bond acceptors (Lipinski definition) is 6. The van der Waals surface area contributed by atoms with Crippen molar-refractivity contribution in [2.24, 2.45) is 11.0 Å². The number of rotatable bonds is 7. The van der Waals surface area contributed by atoms with Gasteiger partial charge >= 0.3 is 5.97 Å².